The summed E-state index contributed by atoms with van der Waals surface area (Å²) in [5.41, 5.74) is 9.53. The van der Waals surface area contributed by atoms with Crippen LogP contribution in [-0.4, -0.2) is 10.8 Å². The van der Waals surface area contributed by atoms with Crippen LogP contribution in [0.15, 0.2) is 47.5 Å². The Morgan fingerprint density at radius 2 is 1.77 bits per heavy atom. The molecule has 134 valence electrons. The van der Waals surface area contributed by atoms with Gasteiger partial charge in [-0.1, -0.05) is 42.8 Å². The molecular weight excluding hydrogens is 340 g/mol. The standard InChI is InChI=1S/C23H25ClN2/c1-6-19-9-7-8-16(3)23(19)26-17(4)12-20(18(26)5)14-25-22-13-21(24)11-10-15(22)2/h7-14H,6H2,1-5H3. The minimum Gasteiger partial charge on any atom is -0.317 e. The highest BCUT2D eigenvalue weighted by Crippen LogP contribution is 2.27. The van der Waals surface area contributed by atoms with E-state index < -0.39 is 0 Å². The van der Waals surface area contributed by atoms with Crippen molar-refractivity contribution < 1.29 is 0 Å². The Kier molecular flexibility index (Phi) is 5.33. The monoisotopic (exact) mass is 364 g/mol. The number of rotatable bonds is 4. The van der Waals surface area contributed by atoms with Gasteiger partial charge in [0.15, 0.2) is 0 Å². The minimum absolute atomic E-state index is 0.709. The van der Waals surface area contributed by atoms with E-state index in [1.807, 2.05) is 31.3 Å². The topological polar surface area (TPSA) is 17.3 Å². The van der Waals surface area contributed by atoms with E-state index in [2.05, 4.69) is 61.5 Å². The quantitative estimate of drug-likeness (QED) is 0.459. The number of hydrogen-bond acceptors (Lipinski definition) is 1. The molecule has 0 spiro atoms. The number of hydrogen-bond donors (Lipinski definition) is 0. The summed E-state index contributed by atoms with van der Waals surface area (Å²) in [5, 5.41) is 0.709. The van der Waals surface area contributed by atoms with Crippen molar-refractivity contribution in [3.8, 4) is 5.69 Å². The Morgan fingerprint density at radius 3 is 2.50 bits per heavy atom. The van der Waals surface area contributed by atoms with Crippen LogP contribution in [-0.2, 0) is 6.42 Å². The van der Waals surface area contributed by atoms with Crippen molar-refractivity contribution in [3.05, 3.63) is 81.1 Å². The van der Waals surface area contributed by atoms with Crippen LogP contribution in [0.4, 0.5) is 5.69 Å². The molecule has 0 aliphatic heterocycles. The summed E-state index contributed by atoms with van der Waals surface area (Å²) in [4.78, 5) is 4.69. The molecule has 1 aromatic heterocycles. The number of aryl methyl sites for hydroxylation is 4. The maximum atomic E-state index is 6.11. The highest BCUT2D eigenvalue weighted by atomic mass is 35.5. The molecule has 2 nitrogen and oxygen atoms in total. The maximum absolute atomic E-state index is 6.11. The molecule has 2 aromatic carbocycles. The first-order valence-corrected chi connectivity index (χ1v) is 9.38. The second-order valence-electron chi connectivity index (χ2n) is 6.79. The van der Waals surface area contributed by atoms with E-state index in [0.717, 1.165) is 23.2 Å². The first-order chi connectivity index (χ1) is 12.4. The highest BCUT2D eigenvalue weighted by molar-refractivity contribution is 6.30. The zero-order valence-corrected chi connectivity index (χ0v) is 16.9. The van der Waals surface area contributed by atoms with Crippen molar-refractivity contribution in [3.63, 3.8) is 0 Å². The molecule has 0 N–H and O–H groups in total. The summed E-state index contributed by atoms with van der Waals surface area (Å²) in [7, 11) is 0. The molecule has 1 heterocycles. The van der Waals surface area contributed by atoms with E-state index in [-0.39, 0.29) is 0 Å². The molecule has 0 radical (unpaired) electrons. The van der Waals surface area contributed by atoms with Crippen LogP contribution in [0.5, 0.6) is 0 Å². The third-order valence-electron chi connectivity index (χ3n) is 4.91. The third-order valence-corrected chi connectivity index (χ3v) is 5.15. The van der Waals surface area contributed by atoms with E-state index in [9.17, 15) is 0 Å². The molecule has 3 heteroatoms. The second kappa shape index (κ2) is 7.51. The lowest BCUT2D eigenvalue weighted by Crippen LogP contribution is -2.05. The number of benzene rings is 2. The van der Waals surface area contributed by atoms with Crippen molar-refractivity contribution >= 4 is 23.5 Å². The van der Waals surface area contributed by atoms with Crippen LogP contribution in [0.2, 0.25) is 5.02 Å². The largest absolute Gasteiger partial charge is 0.317 e. The zero-order valence-electron chi connectivity index (χ0n) is 16.1. The van der Waals surface area contributed by atoms with Crippen molar-refractivity contribution in [1.82, 2.24) is 4.57 Å². The smallest absolute Gasteiger partial charge is 0.0673 e. The van der Waals surface area contributed by atoms with Crippen LogP contribution in [0.3, 0.4) is 0 Å². The van der Waals surface area contributed by atoms with Crippen molar-refractivity contribution in [2.24, 2.45) is 4.99 Å². The predicted octanol–water partition coefficient (Wildman–Crippen LogP) is 6.68. The highest BCUT2D eigenvalue weighted by Gasteiger charge is 2.14. The summed E-state index contributed by atoms with van der Waals surface area (Å²) < 4.78 is 2.35. The van der Waals surface area contributed by atoms with Crippen molar-refractivity contribution in [2.45, 2.75) is 41.0 Å². The summed E-state index contributed by atoms with van der Waals surface area (Å²) in [6.07, 6.45) is 2.96. The maximum Gasteiger partial charge on any atom is 0.0673 e. The fourth-order valence-electron chi connectivity index (χ4n) is 3.45. The van der Waals surface area contributed by atoms with Gasteiger partial charge in [0.05, 0.1) is 11.4 Å². The zero-order chi connectivity index (χ0) is 18.8. The number of aliphatic imine (C=N–C) groups is 1. The van der Waals surface area contributed by atoms with Gasteiger partial charge in [0.1, 0.15) is 0 Å². The summed E-state index contributed by atoms with van der Waals surface area (Å²) >= 11 is 6.11. The fraction of sp³-hybridized carbons (Fsp3) is 0.261. The van der Waals surface area contributed by atoms with Gasteiger partial charge < -0.3 is 4.57 Å². The molecule has 0 amide bonds. The average molecular weight is 365 g/mol. The van der Waals surface area contributed by atoms with Crippen LogP contribution >= 0.6 is 11.6 Å². The first-order valence-electron chi connectivity index (χ1n) is 9.00. The van der Waals surface area contributed by atoms with Gasteiger partial charge >= 0.3 is 0 Å². The fourth-order valence-corrected chi connectivity index (χ4v) is 3.61. The van der Waals surface area contributed by atoms with Crippen LogP contribution in [0.25, 0.3) is 5.69 Å². The van der Waals surface area contributed by atoms with Gasteiger partial charge in [0.25, 0.3) is 0 Å². The van der Waals surface area contributed by atoms with Gasteiger partial charge in [0, 0.05) is 28.2 Å². The molecule has 0 unspecified atom stereocenters. The predicted molar refractivity (Wildman–Crippen MR) is 113 cm³/mol. The van der Waals surface area contributed by atoms with Gasteiger partial charge in [-0.2, -0.15) is 0 Å². The van der Waals surface area contributed by atoms with E-state index >= 15 is 0 Å². The average Bonchev–Trinajstić information content (AvgIpc) is 2.89. The van der Waals surface area contributed by atoms with Crippen molar-refractivity contribution in [2.75, 3.05) is 0 Å². The number of halogens is 1. The lowest BCUT2D eigenvalue weighted by atomic mass is 10.1. The van der Waals surface area contributed by atoms with Gasteiger partial charge in [-0.05, 0) is 69.0 Å². The number of aromatic nitrogens is 1. The van der Waals surface area contributed by atoms with Crippen molar-refractivity contribution in [1.29, 1.82) is 0 Å². The molecule has 3 aromatic rings. The molecule has 0 aliphatic carbocycles. The lowest BCUT2D eigenvalue weighted by Gasteiger charge is -2.17. The Bertz CT molecular complexity index is 980. The van der Waals surface area contributed by atoms with E-state index in [0.29, 0.717) is 5.02 Å². The lowest BCUT2D eigenvalue weighted by molar-refractivity contribution is 0.926. The van der Waals surface area contributed by atoms with E-state index in [1.54, 1.807) is 0 Å². The number of nitrogens with zero attached hydrogens (tertiary/aromatic N) is 2. The normalized spacial score (nSPS) is 11.5. The Labute approximate surface area is 161 Å². The Hall–Kier alpha value is -2.32. The molecule has 3 rings (SSSR count). The van der Waals surface area contributed by atoms with Gasteiger partial charge in [-0.15, -0.1) is 0 Å². The summed E-state index contributed by atoms with van der Waals surface area (Å²) in [5.74, 6) is 0. The summed E-state index contributed by atoms with van der Waals surface area (Å²) in [6, 6.07) is 14.5. The SMILES string of the molecule is CCc1cccc(C)c1-n1c(C)cc(C=Nc2cc(Cl)ccc2C)c1C. The minimum atomic E-state index is 0.709. The molecule has 0 saturated carbocycles. The molecule has 0 saturated heterocycles. The Balaban J connectivity index is 2.07. The van der Waals surface area contributed by atoms with Crippen LogP contribution in [0, 0.1) is 27.7 Å². The van der Waals surface area contributed by atoms with Gasteiger partial charge in [-0.25, -0.2) is 0 Å². The Morgan fingerprint density at radius 1 is 1.00 bits per heavy atom. The molecular formula is C23H25ClN2. The van der Waals surface area contributed by atoms with E-state index in [1.165, 1.54) is 28.2 Å². The van der Waals surface area contributed by atoms with Crippen LogP contribution < -0.4 is 0 Å². The second-order valence-corrected chi connectivity index (χ2v) is 7.22. The molecule has 0 bridgehead atoms. The third kappa shape index (κ3) is 3.47. The van der Waals surface area contributed by atoms with Gasteiger partial charge in [0.2, 0.25) is 0 Å². The summed E-state index contributed by atoms with van der Waals surface area (Å²) in [6.45, 7) is 10.7. The molecule has 26 heavy (non-hydrogen) atoms. The van der Waals surface area contributed by atoms with E-state index in [4.69, 9.17) is 11.6 Å². The first kappa shape index (κ1) is 18.5. The van der Waals surface area contributed by atoms with Gasteiger partial charge in [-0.3, -0.25) is 4.99 Å². The molecule has 0 atom stereocenters. The molecule has 0 aliphatic rings. The molecule has 0 fully saturated rings. The van der Waals surface area contributed by atoms with Crippen LogP contribution in [0.1, 0.15) is 40.6 Å². The number of para-hydroxylation sites is 1.